The summed E-state index contributed by atoms with van der Waals surface area (Å²) in [6, 6.07) is 0. The minimum Gasteiger partial charge on any atom is -0.449 e. The van der Waals surface area contributed by atoms with E-state index >= 15 is 0 Å². The van der Waals surface area contributed by atoms with E-state index in [4.69, 9.17) is 19.9 Å². The summed E-state index contributed by atoms with van der Waals surface area (Å²) in [6.45, 7) is 1.32. The van der Waals surface area contributed by atoms with Crippen LogP contribution in [0.25, 0.3) is 0 Å². The van der Waals surface area contributed by atoms with Crippen molar-refractivity contribution in [3.05, 3.63) is 24.3 Å². The predicted molar refractivity (Wildman–Crippen MR) is 142 cm³/mol. The van der Waals surface area contributed by atoms with Gasteiger partial charge in [0.1, 0.15) is 6.10 Å². The second-order valence-corrected chi connectivity index (χ2v) is 10.9. The molecule has 5 N–H and O–H groups in total. The number of carbonyl (C=O) groups is 3. The highest BCUT2D eigenvalue weighted by atomic mass is 16.6. The van der Waals surface area contributed by atoms with E-state index in [-0.39, 0.29) is 26.2 Å². The van der Waals surface area contributed by atoms with E-state index in [0.29, 0.717) is 48.7 Å². The quantitative estimate of drug-likeness (QED) is 0.236. The molecule has 4 aliphatic carbocycles. The van der Waals surface area contributed by atoms with Crippen molar-refractivity contribution in [2.75, 3.05) is 39.4 Å². The Hall–Kier alpha value is -2.75. The van der Waals surface area contributed by atoms with E-state index in [1.807, 2.05) is 0 Å². The van der Waals surface area contributed by atoms with Gasteiger partial charge in [0.25, 0.3) is 0 Å². The van der Waals surface area contributed by atoms with Crippen LogP contribution in [0.3, 0.4) is 0 Å². The van der Waals surface area contributed by atoms with Gasteiger partial charge in [-0.1, -0.05) is 24.3 Å². The van der Waals surface area contributed by atoms with Gasteiger partial charge >= 0.3 is 18.3 Å². The number of hydrogen-bond donors (Lipinski definition) is 4. The van der Waals surface area contributed by atoms with Crippen LogP contribution in [0.1, 0.15) is 51.4 Å². The Morgan fingerprint density at radius 3 is 1.50 bits per heavy atom. The molecule has 212 valence electrons. The number of ether oxygens (including phenoxy) is 3. The van der Waals surface area contributed by atoms with Crippen LogP contribution >= 0.6 is 0 Å². The lowest BCUT2D eigenvalue weighted by molar-refractivity contribution is 0.0860. The normalized spacial score (nSPS) is 31.7. The molecule has 2 fully saturated rings. The minimum atomic E-state index is -0.795. The molecule has 0 bridgehead atoms. The van der Waals surface area contributed by atoms with Crippen molar-refractivity contribution < 1.29 is 28.6 Å². The van der Waals surface area contributed by atoms with Crippen molar-refractivity contribution >= 4 is 18.3 Å². The molecule has 0 spiro atoms. The standard InChI is InChI=1S/C28H44N4O6/c29-13-14-30-28(35)38-19(15-31-26(33)36-17-24-20-9-5-1-2-6-10-21(20)24)16-32-27(34)37-18-25-22-11-7-3-4-8-12-23(22)25/h1-4,19-25H,5-18,29H2,(H,30,35)(H,31,33)(H,32,34)/b2-1+,4-3+/t19?,20-,21?,22?,23?,24?,25?/m1/s1. The van der Waals surface area contributed by atoms with Crippen LogP contribution in [-0.2, 0) is 14.2 Å². The zero-order valence-electron chi connectivity index (χ0n) is 22.3. The molecule has 3 amide bonds. The fraction of sp³-hybridized carbons (Fsp3) is 0.750. The highest BCUT2D eigenvalue weighted by Crippen LogP contribution is 2.53. The Labute approximate surface area is 225 Å². The number of nitrogens with one attached hydrogen (secondary N) is 3. The molecule has 0 aliphatic heterocycles. The highest BCUT2D eigenvalue weighted by molar-refractivity contribution is 5.69. The highest BCUT2D eigenvalue weighted by Gasteiger charge is 2.50. The molecule has 4 aliphatic rings. The first kappa shape index (κ1) is 28.3. The number of alkyl carbamates (subject to hydrolysis) is 3. The van der Waals surface area contributed by atoms with Crippen LogP contribution < -0.4 is 21.7 Å². The van der Waals surface area contributed by atoms with Crippen LogP contribution in [0, 0.1) is 35.5 Å². The molecule has 10 nitrogen and oxygen atoms in total. The van der Waals surface area contributed by atoms with Gasteiger partial charge in [0, 0.05) is 13.1 Å². The van der Waals surface area contributed by atoms with Crippen LogP contribution in [0.2, 0.25) is 0 Å². The number of amides is 3. The number of fused-ring (bicyclic) bond motifs is 2. The summed E-state index contributed by atoms with van der Waals surface area (Å²) < 4.78 is 16.3. The number of rotatable bonds is 11. The van der Waals surface area contributed by atoms with Crippen LogP contribution in [0.4, 0.5) is 14.4 Å². The average Bonchev–Trinajstić information content (AvgIpc) is 3.74. The van der Waals surface area contributed by atoms with E-state index < -0.39 is 24.4 Å². The van der Waals surface area contributed by atoms with Crippen LogP contribution in [-0.4, -0.2) is 63.8 Å². The van der Waals surface area contributed by atoms with E-state index in [1.165, 1.54) is 0 Å². The minimum absolute atomic E-state index is 0.00360. The molecule has 0 aromatic rings. The molecule has 5 unspecified atom stereocenters. The summed E-state index contributed by atoms with van der Waals surface area (Å²) in [6.07, 6.45) is 15.3. The van der Waals surface area contributed by atoms with Gasteiger partial charge in [-0.25, -0.2) is 14.4 Å². The molecule has 0 radical (unpaired) electrons. The van der Waals surface area contributed by atoms with Gasteiger partial charge in [0.15, 0.2) is 0 Å². The fourth-order valence-electron chi connectivity index (χ4n) is 6.24. The Balaban J connectivity index is 1.15. The molecule has 4 rings (SSSR count). The first-order chi connectivity index (χ1) is 18.6. The molecular formula is C28H44N4O6. The topological polar surface area (TPSA) is 141 Å². The molecule has 38 heavy (non-hydrogen) atoms. The zero-order valence-corrected chi connectivity index (χ0v) is 22.3. The van der Waals surface area contributed by atoms with E-state index in [0.717, 1.165) is 51.4 Å². The lowest BCUT2D eigenvalue weighted by Gasteiger charge is -2.19. The maximum absolute atomic E-state index is 12.3. The summed E-state index contributed by atoms with van der Waals surface area (Å²) in [4.78, 5) is 36.7. The third-order valence-electron chi connectivity index (χ3n) is 8.47. The predicted octanol–water partition coefficient (Wildman–Crippen LogP) is 3.48. The Morgan fingerprint density at radius 1 is 0.684 bits per heavy atom. The number of allylic oxidation sites excluding steroid dienone is 4. The molecule has 0 aromatic heterocycles. The maximum Gasteiger partial charge on any atom is 0.407 e. The molecule has 0 heterocycles. The van der Waals surface area contributed by atoms with E-state index in [1.54, 1.807) is 0 Å². The van der Waals surface area contributed by atoms with Crippen molar-refractivity contribution in [1.82, 2.24) is 16.0 Å². The van der Waals surface area contributed by atoms with Gasteiger partial charge < -0.3 is 35.9 Å². The van der Waals surface area contributed by atoms with Crippen molar-refractivity contribution in [2.24, 2.45) is 41.2 Å². The van der Waals surface area contributed by atoms with E-state index in [9.17, 15) is 14.4 Å². The first-order valence-electron chi connectivity index (χ1n) is 14.3. The third kappa shape index (κ3) is 8.64. The van der Waals surface area contributed by atoms with Crippen molar-refractivity contribution in [3.8, 4) is 0 Å². The third-order valence-corrected chi connectivity index (χ3v) is 8.47. The monoisotopic (exact) mass is 532 g/mol. The van der Waals surface area contributed by atoms with Gasteiger partial charge in [-0.3, -0.25) is 0 Å². The lowest BCUT2D eigenvalue weighted by atomic mass is 10.1. The van der Waals surface area contributed by atoms with Crippen LogP contribution in [0.15, 0.2) is 24.3 Å². The molecule has 10 heteroatoms. The smallest absolute Gasteiger partial charge is 0.407 e. The van der Waals surface area contributed by atoms with Crippen molar-refractivity contribution in [3.63, 3.8) is 0 Å². The molecule has 0 saturated heterocycles. The Kier molecular flexibility index (Phi) is 10.7. The molecular weight excluding hydrogens is 488 g/mol. The molecule has 2 saturated carbocycles. The van der Waals surface area contributed by atoms with Gasteiger partial charge in [0.05, 0.1) is 26.3 Å². The summed E-state index contributed by atoms with van der Waals surface area (Å²) in [5.74, 6) is 3.38. The average molecular weight is 533 g/mol. The van der Waals surface area contributed by atoms with E-state index in [2.05, 4.69) is 40.3 Å². The summed E-state index contributed by atoms with van der Waals surface area (Å²) in [5.41, 5.74) is 5.43. The number of nitrogens with two attached hydrogens (primary N) is 1. The summed E-state index contributed by atoms with van der Waals surface area (Å²) in [5, 5.41) is 7.85. The largest absolute Gasteiger partial charge is 0.449 e. The first-order valence-corrected chi connectivity index (χ1v) is 14.3. The molecule has 6 atom stereocenters. The summed E-state index contributed by atoms with van der Waals surface area (Å²) in [7, 11) is 0. The maximum atomic E-state index is 12.3. The Morgan fingerprint density at radius 2 is 1.11 bits per heavy atom. The second-order valence-electron chi connectivity index (χ2n) is 10.9. The Bertz CT molecular complexity index is 774. The van der Waals surface area contributed by atoms with Gasteiger partial charge in [-0.05, 0) is 86.9 Å². The fourth-order valence-corrected chi connectivity index (χ4v) is 6.24. The van der Waals surface area contributed by atoms with Gasteiger partial charge in [-0.15, -0.1) is 0 Å². The zero-order chi connectivity index (χ0) is 26.7. The number of carbonyl (C=O) groups excluding carboxylic acids is 3. The molecule has 0 aromatic carbocycles. The second kappa shape index (κ2) is 14.4. The summed E-state index contributed by atoms with van der Waals surface area (Å²) >= 11 is 0. The van der Waals surface area contributed by atoms with Gasteiger partial charge in [0.2, 0.25) is 0 Å². The number of hydrogen-bond acceptors (Lipinski definition) is 7. The lowest BCUT2D eigenvalue weighted by Crippen LogP contribution is -2.45. The van der Waals surface area contributed by atoms with Crippen molar-refractivity contribution in [2.45, 2.75) is 57.5 Å². The van der Waals surface area contributed by atoms with Crippen LogP contribution in [0.5, 0.6) is 0 Å². The van der Waals surface area contributed by atoms with Crippen molar-refractivity contribution in [1.29, 1.82) is 0 Å². The van der Waals surface area contributed by atoms with Gasteiger partial charge in [-0.2, -0.15) is 0 Å². The SMILES string of the molecule is NCCNC(=O)OC(CNC(=O)OCC1C2CC/C=C/CCC21)CNC(=O)OCC1C2CC/C=C/CC[C@H]21.